The van der Waals surface area contributed by atoms with Gasteiger partial charge in [-0.15, -0.1) is 0 Å². The van der Waals surface area contributed by atoms with Crippen LogP contribution in [-0.2, 0) is 0 Å². The minimum Gasteiger partial charge on any atom is -0.396 e. The highest BCUT2D eigenvalue weighted by Gasteiger charge is 2.20. The van der Waals surface area contributed by atoms with E-state index in [9.17, 15) is 5.11 Å². The van der Waals surface area contributed by atoms with Gasteiger partial charge in [-0.25, -0.2) is 0 Å². The van der Waals surface area contributed by atoms with Gasteiger partial charge in [0.2, 0.25) is 0 Å². The highest BCUT2D eigenvalue weighted by Crippen LogP contribution is 2.31. The summed E-state index contributed by atoms with van der Waals surface area (Å²) in [5.41, 5.74) is 1.14. The van der Waals surface area contributed by atoms with Crippen LogP contribution in [0.25, 0.3) is 0 Å². The maximum atomic E-state index is 9.57. The molecule has 1 aromatic carbocycles. The van der Waals surface area contributed by atoms with Gasteiger partial charge in [0.15, 0.2) is 5.96 Å². The van der Waals surface area contributed by atoms with Gasteiger partial charge in [-0.2, -0.15) is 0 Å². The van der Waals surface area contributed by atoms with Crippen LogP contribution < -0.4 is 10.6 Å². The van der Waals surface area contributed by atoms with Crippen LogP contribution in [0.4, 0.5) is 0 Å². The molecule has 0 amide bonds. The monoisotopic (exact) mass is 289 g/mol. The molecule has 3 N–H and O–H groups in total. The quantitative estimate of drug-likeness (QED) is 0.507. The lowest BCUT2D eigenvalue weighted by Gasteiger charge is -2.15. The van der Waals surface area contributed by atoms with E-state index in [0.717, 1.165) is 30.5 Å². The van der Waals surface area contributed by atoms with Crippen molar-refractivity contribution in [2.45, 2.75) is 32.1 Å². The van der Waals surface area contributed by atoms with Gasteiger partial charge >= 0.3 is 0 Å². The van der Waals surface area contributed by atoms with Crippen LogP contribution in [-0.4, -0.2) is 37.3 Å². The van der Waals surface area contributed by atoms with Crippen molar-refractivity contribution in [3.8, 4) is 0 Å². The average Bonchev–Trinajstić information content (AvgIpc) is 3.33. The molecule has 1 atom stereocenters. The molecule has 0 aliphatic heterocycles. The van der Waals surface area contributed by atoms with Gasteiger partial charge in [-0.1, -0.05) is 43.2 Å². The van der Waals surface area contributed by atoms with Crippen LogP contribution in [0.5, 0.6) is 0 Å². The second-order valence-electron chi connectivity index (χ2n) is 5.67. The summed E-state index contributed by atoms with van der Waals surface area (Å²) in [5, 5.41) is 16.2. The maximum Gasteiger partial charge on any atom is 0.191 e. The van der Waals surface area contributed by atoms with Crippen LogP contribution >= 0.6 is 0 Å². The molecule has 21 heavy (non-hydrogen) atoms. The van der Waals surface area contributed by atoms with E-state index in [1.807, 2.05) is 30.3 Å². The second-order valence-corrected chi connectivity index (χ2v) is 5.67. The van der Waals surface area contributed by atoms with Gasteiger partial charge in [0.25, 0.3) is 0 Å². The summed E-state index contributed by atoms with van der Waals surface area (Å²) >= 11 is 0. The number of hydrogen-bond acceptors (Lipinski definition) is 2. The number of rotatable bonds is 8. The highest BCUT2D eigenvalue weighted by molar-refractivity contribution is 5.79. The lowest BCUT2D eigenvalue weighted by Crippen LogP contribution is -2.38. The van der Waals surface area contributed by atoms with Crippen LogP contribution in [0.1, 0.15) is 37.7 Å². The van der Waals surface area contributed by atoms with E-state index in [2.05, 4.69) is 22.5 Å². The molecule has 0 saturated heterocycles. The summed E-state index contributed by atoms with van der Waals surface area (Å²) in [6.45, 7) is 4.61. The van der Waals surface area contributed by atoms with E-state index in [1.54, 1.807) is 0 Å². The zero-order valence-electron chi connectivity index (χ0n) is 12.9. The number of benzene rings is 1. The molecule has 116 valence electrons. The number of nitrogens with zero attached hydrogens (tertiary/aromatic N) is 1. The Balaban J connectivity index is 1.86. The zero-order chi connectivity index (χ0) is 14.9. The largest absolute Gasteiger partial charge is 0.396 e. The van der Waals surface area contributed by atoms with Crippen LogP contribution in [0.2, 0.25) is 0 Å². The molecule has 0 bridgehead atoms. The zero-order valence-corrected chi connectivity index (χ0v) is 12.9. The first-order valence-electron chi connectivity index (χ1n) is 8.01. The Morgan fingerprint density at radius 2 is 2.05 bits per heavy atom. The van der Waals surface area contributed by atoms with Gasteiger partial charge in [0.1, 0.15) is 0 Å². The molecular formula is C17H27N3O. The third-order valence-electron chi connectivity index (χ3n) is 3.85. The van der Waals surface area contributed by atoms with E-state index < -0.39 is 0 Å². The Kier molecular flexibility index (Phi) is 6.54. The molecule has 0 aromatic heterocycles. The third-order valence-corrected chi connectivity index (χ3v) is 3.85. The predicted octanol–water partition coefficient (Wildman–Crippen LogP) is 2.12. The van der Waals surface area contributed by atoms with E-state index in [4.69, 9.17) is 0 Å². The number of hydrogen-bond donors (Lipinski definition) is 3. The summed E-state index contributed by atoms with van der Waals surface area (Å²) in [6, 6.07) is 10.1. The lowest BCUT2D eigenvalue weighted by atomic mass is 10.0. The Morgan fingerprint density at radius 1 is 1.29 bits per heavy atom. The molecule has 1 aliphatic rings. The maximum absolute atomic E-state index is 9.57. The first-order chi connectivity index (χ1) is 10.3. The SMILES string of the molecule is CCNC(=NCC(CO)c1ccccc1)NCCC1CC1. The highest BCUT2D eigenvalue weighted by atomic mass is 16.3. The van der Waals surface area contributed by atoms with Gasteiger partial charge in [0.05, 0.1) is 13.2 Å². The molecule has 1 aromatic rings. The molecule has 1 aliphatic carbocycles. The Hall–Kier alpha value is -1.55. The standard InChI is InChI=1S/C17H27N3O/c1-2-18-17(19-11-10-14-8-9-14)20-12-16(13-21)15-6-4-3-5-7-15/h3-7,14,16,21H,2,8-13H2,1H3,(H2,18,19,20). The summed E-state index contributed by atoms with van der Waals surface area (Å²) in [7, 11) is 0. The Bertz CT molecular complexity index is 429. The molecule has 0 heterocycles. The first kappa shape index (κ1) is 15.8. The van der Waals surface area contributed by atoms with Crippen LogP contribution in [0.3, 0.4) is 0 Å². The minimum atomic E-state index is 0.0603. The Labute approximate surface area is 127 Å². The normalized spacial score (nSPS) is 16.6. The summed E-state index contributed by atoms with van der Waals surface area (Å²) < 4.78 is 0. The molecule has 1 fully saturated rings. The minimum absolute atomic E-state index is 0.0603. The fourth-order valence-electron chi connectivity index (χ4n) is 2.34. The molecule has 2 rings (SSSR count). The van der Waals surface area contributed by atoms with Gasteiger partial charge in [-0.05, 0) is 24.8 Å². The average molecular weight is 289 g/mol. The van der Waals surface area contributed by atoms with Crippen molar-refractivity contribution < 1.29 is 5.11 Å². The van der Waals surface area contributed by atoms with Crippen molar-refractivity contribution in [3.05, 3.63) is 35.9 Å². The predicted molar refractivity (Wildman–Crippen MR) is 87.6 cm³/mol. The molecule has 1 saturated carbocycles. The topological polar surface area (TPSA) is 56.7 Å². The Morgan fingerprint density at radius 3 is 2.67 bits per heavy atom. The summed E-state index contributed by atoms with van der Waals surface area (Å²) in [4.78, 5) is 4.61. The van der Waals surface area contributed by atoms with Crippen molar-refractivity contribution in [2.24, 2.45) is 10.9 Å². The van der Waals surface area contributed by atoms with Crippen molar-refractivity contribution in [1.29, 1.82) is 0 Å². The molecule has 1 unspecified atom stereocenters. The first-order valence-corrected chi connectivity index (χ1v) is 8.01. The number of guanidine groups is 1. The number of nitrogens with one attached hydrogen (secondary N) is 2. The van der Waals surface area contributed by atoms with Crippen molar-refractivity contribution in [3.63, 3.8) is 0 Å². The molecule has 4 nitrogen and oxygen atoms in total. The van der Waals surface area contributed by atoms with Crippen LogP contribution in [0, 0.1) is 5.92 Å². The fraction of sp³-hybridized carbons (Fsp3) is 0.588. The molecule has 0 spiro atoms. The molecule has 0 radical (unpaired) electrons. The van der Waals surface area contributed by atoms with Crippen molar-refractivity contribution in [2.75, 3.05) is 26.2 Å². The van der Waals surface area contributed by atoms with Crippen molar-refractivity contribution in [1.82, 2.24) is 10.6 Å². The number of aliphatic hydroxyl groups excluding tert-OH is 1. The van der Waals surface area contributed by atoms with Crippen LogP contribution in [0.15, 0.2) is 35.3 Å². The summed E-state index contributed by atoms with van der Waals surface area (Å²) in [5.74, 6) is 1.84. The number of aliphatic hydroxyl groups is 1. The smallest absolute Gasteiger partial charge is 0.191 e. The molecular weight excluding hydrogens is 262 g/mol. The van der Waals surface area contributed by atoms with Gasteiger partial charge in [0, 0.05) is 19.0 Å². The third kappa shape index (κ3) is 5.76. The van der Waals surface area contributed by atoms with E-state index in [1.165, 1.54) is 19.3 Å². The van der Waals surface area contributed by atoms with Crippen molar-refractivity contribution >= 4 is 5.96 Å². The lowest BCUT2D eigenvalue weighted by molar-refractivity contribution is 0.268. The number of aliphatic imine (C=N–C) groups is 1. The molecule has 4 heteroatoms. The van der Waals surface area contributed by atoms with Gasteiger partial charge in [-0.3, -0.25) is 4.99 Å². The van der Waals surface area contributed by atoms with E-state index in [0.29, 0.717) is 6.54 Å². The van der Waals surface area contributed by atoms with E-state index in [-0.39, 0.29) is 12.5 Å². The van der Waals surface area contributed by atoms with E-state index >= 15 is 0 Å². The summed E-state index contributed by atoms with van der Waals surface area (Å²) in [6.07, 6.45) is 4.00. The van der Waals surface area contributed by atoms with Gasteiger partial charge < -0.3 is 15.7 Å². The second kappa shape index (κ2) is 8.67. The fourth-order valence-corrected chi connectivity index (χ4v) is 2.34.